The summed E-state index contributed by atoms with van der Waals surface area (Å²) >= 11 is 6.16. The van der Waals surface area contributed by atoms with Gasteiger partial charge < -0.3 is 10.2 Å². The molecule has 0 aliphatic rings. The van der Waals surface area contributed by atoms with Crippen molar-refractivity contribution in [3.05, 3.63) is 76.9 Å². The summed E-state index contributed by atoms with van der Waals surface area (Å²) in [5.41, 5.74) is 2.20. The maximum atomic E-state index is 6.16. The van der Waals surface area contributed by atoms with Crippen molar-refractivity contribution in [2.75, 3.05) is 17.3 Å². The zero-order valence-corrected chi connectivity index (χ0v) is 14.1. The van der Waals surface area contributed by atoms with Crippen molar-refractivity contribution >= 4 is 23.4 Å². The number of rotatable bonds is 6. The van der Waals surface area contributed by atoms with E-state index >= 15 is 0 Å². The van der Waals surface area contributed by atoms with Gasteiger partial charge in [-0.1, -0.05) is 60.1 Å². The Morgan fingerprint density at radius 2 is 1.79 bits per heavy atom. The van der Waals surface area contributed by atoms with E-state index in [1.54, 1.807) is 6.20 Å². The predicted molar refractivity (Wildman–Crippen MR) is 97.2 cm³/mol. The van der Waals surface area contributed by atoms with Gasteiger partial charge in [-0.2, -0.15) is 10.1 Å². The fourth-order valence-corrected chi connectivity index (χ4v) is 2.51. The van der Waals surface area contributed by atoms with Crippen LogP contribution < -0.4 is 10.2 Å². The van der Waals surface area contributed by atoms with Gasteiger partial charge in [-0.15, -0.1) is 5.10 Å². The number of anilines is 2. The Morgan fingerprint density at radius 1 is 1.04 bits per heavy atom. The van der Waals surface area contributed by atoms with Gasteiger partial charge in [0.05, 0.1) is 6.20 Å². The summed E-state index contributed by atoms with van der Waals surface area (Å²) in [6.07, 6.45) is 1.66. The molecule has 3 aromatic rings. The van der Waals surface area contributed by atoms with Crippen LogP contribution in [0.2, 0.25) is 5.02 Å². The van der Waals surface area contributed by atoms with Crippen molar-refractivity contribution < 1.29 is 0 Å². The SMILES string of the molecule is CN(Cc1ccccc1)c1cnnc(NCc2ccccc2Cl)n1. The average Bonchev–Trinajstić information content (AvgIpc) is 2.62. The van der Waals surface area contributed by atoms with Gasteiger partial charge in [0.2, 0.25) is 5.95 Å². The summed E-state index contributed by atoms with van der Waals surface area (Å²) in [5.74, 6) is 1.24. The first-order valence-electron chi connectivity index (χ1n) is 7.64. The van der Waals surface area contributed by atoms with Crippen molar-refractivity contribution in [2.24, 2.45) is 0 Å². The minimum Gasteiger partial charge on any atom is -0.354 e. The molecule has 0 atom stereocenters. The van der Waals surface area contributed by atoms with Crippen LogP contribution in [-0.4, -0.2) is 22.2 Å². The van der Waals surface area contributed by atoms with Crippen LogP contribution in [0.4, 0.5) is 11.8 Å². The van der Waals surface area contributed by atoms with Gasteiger partial charge in [-0.25, -0.2) is 0 Å². The fourth-order valence-electron chi connectivity index (χ4n) is 2.31. The first kappa shape index (κ1) is 16.2. The molecule has 0 unspecified atom stereocenters. The molecular formula is C18H18ClN5. The van der Waals surface area contributed by atoms with E-state index in [9.17, 15) is 0 Å². The van der Waals surface area contributed by atoms with Gasteiger partial charge in [0.1, 0.15) is 0 Å². The third-order valence-electron chi connectivity index (χ3n) is 3.59. The van der Waals surface area contributed by atoms with Crippen molar-refractivity contribution in [3.63, 3.8) is 0 Å². The standard InChI is InChI=1S/C18H18ClN5/c1-24(13-14-7-3-2-4-8-14)17-12-21-23-18(22-17)20-11-15-9-5-6-10-16(15)19/h2-10,12H,11,13H2,1H3,(H,20,22,23). The lowest BCUT2D eigenvalue weighted by Crippen LogP contribution is -2.19. The van der Waals surface area contributed by atoms with Crippen LogP contribution >= 0.6 is 11.6 Å². The molecule has 0 saturated carbocycles. The van der Waals surface area contributed by atoms with Crippen LogP contribution in [0.15, 0.2) is 60.8 Å². The number of hydrogen-bond donors (Lipinski definition) is 1. The second-order valence-electron chi connectivity index (χ2n) is 5.42. The second-order valence-corrected chi connectivity index (χ2v) is 5.83. The molecule has 24 heavy (non-hydrogen) atoms. The van der Waals surface area contributed by atoms with E-state index in [4.69, 9.17) is 11.6 Å². The number of halogens is 1. The van der Waals surface area contributed by atoms with Gasteiger partial charge in [0, 0.05) is 25.2 Å². The predicted octanol–water partition coefficient (Wildman–Crippen LogP) is 3.77. The lowest BCUT2D eigenvalue weighted by molar-refractivity contribution is 0.859. The molecule has 0 fully saturated rings. The first-order valence-corrected chi connectivity index (χ1v) is 8.02. The van der Waals surface area contributed by atoms with Crippen LogP contribution in [0, 0.1) is 0 Å². The highest BCUT2D eigenvalue weighted by Gasteiger charge is 2.07. The molecule has 122 valence electrons. The van der Waals surface area contributed by atoms with E-state index in [2.05, 4.69) is 32.6 Å². The van der Waals surface area contributed by atoms with E-state index in [1.165, 1.54) is 5.56 Å². The number of benzene rings is 2. The Balaban J connectivity index is 1.66. The minimum absolute atomic E-state index is 0.479. The van der Waals surface area contributed by atoms with Crippen molar-refractivity contribution in [1.82, 2.24) is 15.2 Å². The molecule has 2 aromatic carbocycles. The van der Waals surface area contributed by atoms with Crippen LogP contribution in [0.1, 0.15) is 11.1 Å². The average molecular weight is 340 g/mol. The summed E-state index contributed by atoms with van der Waals surface area (Å²) in [6.45, 7) is 1.30. The summed E-state index contributed by atoms with van der Waals surface area (Å²) in [5, 5.41) is 11.9. The van der Waals surface area contributed by atoms with E-state index in [0.29, 0.717) is 12.5 Å². The van der Waals surface area contributed by atoms with Crippen LogP contribution in [0.3, 0.4) is 0 Å². The van der Waals surface area contributed by atoms with Crippen LogP contribution in [-0.2, 0) is 13.1 Å². The number of hydrogen-bond acceptors (Lipinski definition) is 5. The Bertz CT molecular complexity index is 794. The summed E-state index contributed by atoms with van der Waals surface area (Å²) in [7, 11) is 1.98. The number of nitrogens with zero attached hydrogens (tertiary/aromatic N) is 4. The van der Waals surface area contributed by atoms with E-state index in [0.717, 1.165) is 22.9 Å². The second kappa shape index (κ2) is 7.75. The maximum absolute atomic E-state index is 6.16. The highest BCUT2D eigenvalue weighted by atomic mass is 35.5. The molecule has 5 nitrogen and oxygen atoms in total. The lowest BCUT2D eigenvalue weighted by atomic mass is 10.2. The molecule has 1 N–H and O–H groups in total. The van der Waals surface area contributed by atoms with Crippen LogP contribution in [0.25, 0.3) is 0 Å². The number of nitrogens with one attached hydrogen (secondary N) is 1. The Kier molecular flexibility index (Phi) is 5.23. The largest absolute Gasteiger partial charge is 0.354 e. The van der Waals surface area contributed by atoms with Crippen molar-refractivity contribution in [3.8, 4) is 0 Å². The van der Waals surface area contributed by atoms with E-state index in [-0.39, 0.29) is 0 Å². The molecular weight excluding hydrogens is 322 g/mol. The Hall–Kier alpha value is -2.66. The molecule has 0 saturated heterocycles. The Labute approximate surface area is 146 Å². The van der Waals surface area contributed by atoms with E-state index < -0.39 is 0 Å². The molecule has 6 heteroatoms. The van der Waals surface area contributed by atoms with Crippen molar-refractivity contribution in [2.45, 2.75) is 13.1 Å². The molecule has 0 bridgehead atoms. The molecule has 3 rings (SSSR count). The zero-order valence-electron chi connectivity index (χ0n) is 13.4. The van der Waals surface area contributed by atoms with Gasteiger partial charge in [-0.05, 0) is 17.2 Å². The molecule has 0 spiro atoms. The molecule has 1 heterocycles. The van der Waals surface area contributed by atoms with Gasteiger partial charge in [0.15, 0.2) is 5.82 Å². The Morgan fingerprint density at radius 3 is 2.58 bits per heavy atom. The monoisotopic (exact) mass is 339 g/mol. The third-order valence-corrected chi connectivity index (χ3v) is 3.96. The summed E-state index contributed by atoms with van der Waals surface area (Å²) in [6, 6.07) is 17.9. The van der Waals surface area contributed by atoms with E-state index in [1.807, 2.05) is 54.4 Å². The quantitative estimate of drug-likeness (QED) is 0.740. The van der Waals surface area contributed by atoms with Gasteiger partial charge >= 0.3 is 0 Å². The number of aromatic nitrogens is 3. The molecule has 0 aliphatic carbocycles. The van der Waals surface area contributed by atoms with Gasteiger partial charge in [0.25, 0.3) is 0 Å². The minimum atomic E-state index is 0.479. The summed E-state index contributed by atoms with van der Waals surface area (Å²) in [4.78, 5) is 6.54. The lowest BCUT2D eigenvalue weighted by Gasteiger charge is -2.18. The molecule has 0 amide bonds. The highest BCUT2D eigenvalue weighted by Crippen LogP contribution is 2.17. The smallest absolute Gasteiger partial charge is 0.244 e. The van der Waals surface area contributed by atoms with Gasteiger partial charge in [-0.3, -0.25) is 0 Å². The highest BCUT2D eigenvalue weighted by molar-refractivity contribution is 6.31. The first-order chi connectivity index (χ1) is 11.7. The zero-order chi connectivity index (χ0) is 16.8. The van der Waals surface area contributed by atoms with Crippen molar-refractivity contribution in [1.29, 1.82) is 0 Å². The molecule has 0 aliphatic heterocycles. The molecule has 0 radical (unpaired) electrons. The summed E-state index contributed by atoms with van der Waals surface area (Å²) < 4.78 is 0. The normalized spacial score (nSPS) is 10.4. The molecule has 1 aromatic heterocycles. The fraction of sp³-hybridized carbons (Fsp3) is 0.167. The topological polar surface area (TPSA) is 53.9 Å². The third kappa shape index (κ3) is 4.20. The van der Waals surface area contributed by atoms with Crippen LogP contribution in [0.5, 0.6) is 0 Å². The maximum Gasteiger partial charge on any atom is 0.244 e.